The number of hydrogen-bond donors (Lipinski definition) is 1. The van der Waals surface area contributed by atoms with Crippen molar-refractivity contribution in [3.05, 3.63) is 11.5 Å². The van der Waals surface area contributed by atoms with E-state index in [4.69, 9.17) is 4.74 Å². The van der Waals surface area contributed by atoms with Crippen molar-refractivity contribution in [1.82, 2.24) is 0 Å². The number of esters is 1. The average molecular weight is 244 g/mol. The monoisotopic (exact) mass is 244 g/mol. The average Bonchev–Trinajstić information content (AvgIpc) is 2.21. The fraction of sp³-hybridized carbons (Fsp3) is 0.769. The Labute approximate surface area is 105 Å². The summed E-state index contributed by atoms with van der Waals surface area (Å²) in [6.45, 7) is 8.40. The Hall–Kier alpha value is -0.440. The summed E-state index contributed by atoms with van der Waals surface area (Å²) in [5.74, 6) is 0.408. The van der Waals surface area contributed by atoms with E-state index in [1.165, 1.54) is 25.7 Å². The van der Waals surface area contributed by atoms with Crippen LogP contribution in [-0.2, 0) is 9.53 Å². The molecule has 0 aromatic heterocycles. The summed E-state index contributed by atoms with van der Waals surface area (Å²) in [7, 11) is 0. The van der Waals surface area contributed by atoms with E-state index in [1.807, 2.05) is 0 Å². The fourth-order valence-electron chi connectivity index (χ4n) is 1.43. The molecule has 0 aromatic carbocycles. The number of ether oxygens (including phenoxy) is 1. The molecule has 0 heterocycles. The first-order chi connectivity index (χ1) is 7.54. The number of carbonyl (C=O) groups is 1. The molecule has 0 N–H and O–H groups in total. The molecule has 16 heavy (non-hydrogen) atoms. The van der Waals surface area contributed by atoms with Gasteiger partial charge in [-0.25, -0.2) is 4.79 Å². The molecule has 0 fully saturated rings. The second kappa shape index (κ2) is 9.76. The first-order valence-electron chi connectivity index (χ1n) is 6.09. The Morgan fingerprint density at radius 2 is 1.75 bits per heavy atom. The largest absolute Gasteiger partial charge is 0.462 e. The minimum Gasteiger partial charge on any atom is -0.462 e. The van der Waals surface area contributed by atoms with E-state index >= 15 is 0 Å². The lowest BCUT2D eigenvalue weighted by atomic mass is 10.0. The van der Waals surface area contributed by atoms with Gasteiger partial charge in [0.15, 0.2) is 0 Å². The van der Waals surface area contributed by atoms with Gasteiger partial charge < -0.3 is 4.74 Å². The zero-order chi connectivity index (χ0) is 12.4. The molecule has 0 atom stereocenters. The first-order valence-corrected chi connectivity index (χ1v) is 6.53. The Balaban J connectivity index is 3.16. The lowest BCUT2D eigenvalue weighted by Crippen LogP contribution is -2.04. The molecule has 2 nitrogen and oxygen atoms in total. The zero-order valence-corrected chi connectivity index (χ0v) is 11.4. The molecule has 0 saturated heterocycles. The normalized spacial score (nSPS) is 10.5. The maximum absolute atomic E-state index is 11.0. The highest BCUT2D eigenvalue weighted by molar-refractivity contribution is 7.85. The molecule has 0 saturated carbocycles. The van der Waals surface area contributed by atoms with Gasteiger partial charge in [-0.3, -0.25) is 0 Å². The second-order valence-electron chi connectivity index (χ2n) is 4.53. The summed E-state index contributed by atoms with van der Waals surface area (Å²) in [5, 5.41) is 0. The van der Waals surface area contributed by atoms with Crippen molar-refractivity contribution in [1.29, 1.82) is 0 Å². The quantitative estimate of drug-likeness (QED) is 0.287. The number of carbonyl (C=O) groups excluding carboxylic acids is 1. The molecule has 0 radical (unpaired) electrons. The second-order valence-corrected chi connectivity index (χ2v) is 5.07. The third kappa shape index (κ3) is 10.1. The lowest BCUT2D eigenvalue weighted by Gasteiger charge is -2.05. The maximum Gasteiger partial charge on any atom is 0.343 e. The summed E-state index contributed by atoms with van der Waals surface area (Å²) in [6, 6.07) is 0. The molecule has 0 bridgehead atoms. The van der Waals surface area contributed by atoms with Crippen molar-refractivity contribution in [2.24, 2.45) is 5.92 Å². The van der Waals surface area contributed by atoms with Crippen molar-refractivity contribution in [3.8, 4) is 0 Å². The van der Waals surface area contributed by atoms with Gasteiger partial charge in [0.1, 0.15) is 0 Å². The van der Waals surface area contributed by atoms with Gasteiger partial charge in [-0.15, -0.1) is 12.6 Å². The van der Waals surface area contributed by atoms with Gasteiger partial charge in [0.2, 0.25) is 0 Å². The minimum atomic E-state index is -0.400. The summed E-state index contributed by atoms with van der Waals surface area (Å²) >= 11 is 3.81. The molecule has 0 rings (SSSR count). The predicted octanol–water partition coefficient (Wildman–Crippen LogP) is 3.97. The number of rotatable bonds is 9. The van der Waals surface area contributed by atoms with E-state index in [9.17, 15) is 4.79 Å². The Morgan fingerprint density at radius 3 is 2.31 bits per heavy atom. The molecular formula is C13H24O2S. The van der Waals surface area contributed by atoms with Crippen LogP contribution in [0.1, 0.15) is 52.4 Å². The Bertz CT molecular complexity index is 212. The molecule has 0 aromatic rings. The smallest absolute Gasteiger partial charge is 0.343 e. The molecule has 0 aliphatic carbocycles. The fourth-order valence-corrected chi connectivity index (χ4v) is 1.50. The van der Waals surface area contributed by atoms with Crippen LogP contribution in [0.5, 0.6) is 0 Å². The van der Waals surface area contributed by atoms with E-state index in [0.717, 1.165) is 18.8 Å². The third-order valence-electron chi connectivity index (χ3n) is 2.39. The highest BCUT2D eigenvalue weighted by Crippen LogP contribution is 2.10. The molecular weight excluding hydrogens is 220 g/mol. The zero-order valence-electron chi connectivity index (χ0n) is 10.5. The van der Waals surface area contributed by atoms with Crippen LogP contribution in [0.25, 0.3) is 0 Å². The standard InChI is InChI=1S/C13H24O2S/c1-11(2)9-7-5-4-6-8-10-15-13(14)12(3)16/h11,16H,3-10H2,1-2H3. The highest BCUT2D eigenvalue weighted by Gasteiger charge is 2.02. The molecule has 0 aliphatic heterocycles. The van der Waals surface area contributed by atoms with Crippen molar-refractivity contribution < 1.29 is 9.53 Å². The molecule has 94 valence electrons. The van der Waals surface area contributed by atoms with E-state index in [-0.39, 0.29) is 4.91 Å². The summed E-state index contributed by atoms with van der Waals surface area (Å²) in [6.07, 6.45) is 7.20. The molecule has 3 heteroatoms. The summed E-state index contributed by atoms with van der Waals surface area (Å²) in [4.78, 5) is 11.1. The van der Waals surface area contributed by atoms with Crippen LogP contribution >= 0.6 is 12.6 Å². The van der Waals surface area contributed by atoms with Gasteiger partial charge >= 0.3 is 5.97 Å². The van der Waals surface area contributed by atoms with E-state index < -0.39 is 5.97 Å². The third-order valence-corrected chi connectivity index (χ3v) is 2.58. The van der Waals surface area contributed by atoms with Gasteiger partial charge in [-0.2, -0.15) is 0 Å². The van der Waals surface area contributed by atoms with Crippen LogP contribution < -0.4 is 0 Å². The number of thiol groups is 1. The van der Waals surface area contributed by atoms with Crippen LogP contribution in [0.15, 0.2) is 11.5 Å². The van der Waals surface area contributed by atoms with E-state index in [0.29, 0.717) is 6.61 Å². The van der Waals surface area contributed by atoms with E-state index in [2.05, 4.69) is 33.1 Å². The molecule has 0 unspecified atom stereocenters. The van der Waals surface area contributed by atoms with Crippen LogP contribution in [0.4, 0.5) is 0 Å². The van der Waals surface area contributed by atoms with Crippen molar-refractivity contribution >= 4 is 18.6 Å². The van der Waals surface area contributed by atoms with Crippen LogP contribution in [-0.4, -0.2) is 12.6 Å². The highest BCUT2D eigenvalue weighted by atomic mass is 32.1. The lowest BCUT2D eigenvalue weighted by molar-refractivity contribution is -0.138. The number of unbranched alkanes of at least 4 members (excludes halogenated alkanes) is 4. The minimum absolute atomic E-state index is 0.178. The van der Waals surface area contributed by atoms with Crippen LogP contribution in [0.2, 0.25) is 0 Å². The van der Waals surface area contributed by atoms with E-state index in [1.54, 1.807) is 0 Å². The molecule has 0 amide bonds. The predicted molar refractivity (Wildman–Crippen MR) is 71.6 cm³/mol. The van der Waals surface area contributed by atoms with Gasteiger partial charge in [0.25, 0.3) is 0 Å². The first kappa shape index (κ1) is 15.6. The van der Waals surface area contributed by atoms with Gasteiger partial charge in [0.05, 0.1) is 11.5 Å². The van der Waals surface area contributed by atoms with Crippen molar-refractivity contribution in [2.45, 2.75) is 52.4 Å². The SMILES string of the molecule is C=C(S)C(=O)OCCCCCCCC(C)C. The molecule has 0 aliphatic rings. The maximum atomic E-state index is 11.0. The topological polar surface area (TPSA) is 26.3 Å². The molecule has 0 spiro atoms. The van der Waals surface area contributed by atoms with Gasteiger partial charge in [-0.05, 0) is 12.3 Å². The summed E-state index contributed by atoms with van der Waals surface area (Å²) < 4.78 is 4.93. The van der Waals surface area contributed by atoms with Gasteiger partial charge in [-0.1, -0.05) is 52.5 Å². The van der Waals surface area contributed by atoms with Crippen molar-refractivity contribution in [3.63, 3.8) is 0 Å². The van der Waals surface area contributed by atoms with Crippen molar-refractivity contribution in [2.75, 3.05) is 6.61 Å². The summed E-state index contributed by atoms with van der Waals surface area (Å²) in [5.41, 5.74) is 0. The Morgan fingerprint density at radius 1 is 1.19 bits per heavy atom. The van der Waals surface area contributed by atoms with Crippen LogP contribution in [0.3, 0.4) is 0 Å². The number of hydrogen-bond acceptors (Lipinski definition) is 3. The van der Waals surface area contributed by atoms with Gasteiger partial charge in [0, 0.05) is 0 Å². The Kier molecular flexibility index (Phi) is 9.49. The van der Waals surface area contributed by atoms with Crippen LogP contribution in [0, 0.1) is 5.92 Å².